The molecule has 4 nitrogen and oxygen atoms in total. The maximum atomic E-state index is 13.9. The summed E-state index contributed by atoms with van der Waals surface area (Å²) in [5, 5.41) is 17.8. The van der Waals surface area contributed by atoms with Crippen LogP contribution in [0.5, 0.6) is 0 Å². The van der Waals surface area contributed by atoms with Gasteiger partial charge in [0.05, 0.1) is 15.0 Å². The monoisotopic (exact) mass is 367 g/mol. The molecule has 1 aliphatic heterocycles. The number of aromatic nitrogens is 2. The fraction of sp³-hybridized carbons (Fsp3) is 0.200. The Morgan fingerprint density at radius 1 is 1.43 bits per heavy atom. The molecular weight excluding hydrogens is 357 g/mol. The number of allylic oxidation sites excluding steroid dienone is 1. The first-order valence-corrected chi connectivity index (χ1v) is 8.80. The highest BCUT2D eigenvalue weighted by Crippen LogP contribution is 2.42. The molecule has 0 aliphatic carbocycles. The van der Waals surface area contributed by atoms with Crippen LogP contribution in [0.2, 0.25) is 5.02 Å². The number of rotatable bonds is 3. The largest absolute Gasteiger partial charge is 0.297 e. The molecule has 23 heavy (non-hydrogen) atoms. The van der Waals surface area contributed by atoms with Crippen molar-refractivity contribution >= 4 is 51.6 Å². The molecule has 1 aromatic carbocycles. The van der Waals surface area contributed by atoms with Crippen LogP contribution in [-0.4, -0.2) is 21.0 Å². The smallest absolute Gasteiger partial charge is 0.186 e. The van der Waals surface area contributed by atoms with Gasteiger partial charge in [-0.2, -0.15) is 0 Å². The van der Waals surface area contributed by atoms with Gasteiger partial charge in [0.1, 0.15) is 21.8 Å². The van der Waals surface area contributed by atoms with Crippen molar-refractivity contribution in [1.29, 1.82) is 5.41 Å². The van der Waals surface area contributed by atoms with Crippen LogP contribution in [0, 0.1) is 11.2 Å². The molecule has 118 valence electrons. The van der Waals surface area contributed by atoms with E-state index < -0.39 is 11.7 Å². The van der Waals surface area contributed by atoms with Gasteiger partial charge in [0.15, 0.2) is 5.78 Å². The zero-order chi connectivity index (χ0) is 16.6. The van der Waals surface area contributed by atoms with Gasteiger partial charge in [-0.05, 0) is 24.6 Å². The molecule has 1 fully saturated rings. The zero-order valence-electron chi connectivity index (χ0n) is 12.0. The molecule has 8 heteroatoms. The van der Waals surface area contributed by atoms with Crippen molar-refractivity contribution in [3.63, 3.8) is 0 Å². The van der Waals surface area contributed by atoms with Crippen LogP contribution < -0.4 is 0 Å². The second-order valence-electron chi connectivity index (χ2n) is 4.80. The van der Waals surface area contributed by atoms with E-state index >= 15 is 0 Å². The number of aryl methyl sites for hydroxylation is 1. The summed E-state index contributed by atoms with van der Waals surface area (Å²) in [6.07, 6.45) is 2.13. The van der Waals surface area contributed by atoms with Gasteiger partial charge in [0, 0.05) is 5.56 Å². The van der Waals surface area contributed by atoms with E-state index in [2.05, 4.69) is 10.2 Å². The lowest BCUT2D eigenvalue weighted by atomic mass is 10.1. The topological polar surface area (TPSA) is 66.7 Å². The fourth-order valence-corrected chi connectivity index (χ4v) is 4.27. The Kier molecular flexibility index (Phi) is 4.61. The van der Waals surface area contributed by atoms with Crippen molar-refractivity contribution in [2.45, 2.75) is 19.3 Å². The van der Waals surface area contributed by atoms with Crippen molar-refractivity contribution in [2.75, 3.05) is 0 Å². The number of hydrogen-bond acceptors (Lipinski definition) is 6. The highest BCUT2D eigenvalue weighted by Gasteiger charge is 2.39. The van der Waals surface area contributed by atoms with Crippen LogP contribution in [0.4, 0.5) is 4.39 Å². The number of nitrogens with one attached hydrogen (secondary N) is 1. The number of halogens is 2. The molecule has 3 rings (SSSR count). The second kappa shape index (κ2) is 6.51. The second-order valence-corrected chi connectivity index (χ2v) is 7.38. The molecule has 0 unspecified atom stereocenters. The number of Topliss-reactive ketones (excluding diaryl/α,β-unsaturated/α-hetero) is 1. The van der Waals surface area contributed by atoms with Gasteiger partial charge in [-0.25, -0.2) is 4.39 Å². The van der Waals surface area contributed by atoms with Crippen molar-refractivity contribution in [2.24, 2.45) is 0 Å². The third-order valence-corrected chi connectivity index (χ3v) is 5.75. The number of hydrogen-bond donors (Lipinski definition) is 1. The Morgan fingerprint density at radius 2 is 2.22 bits per heavy atom. The molecular formula is C15H11ClFN3OS2. The summed E-state index contributed by atoms with van der Waals surface area (Å²) in [6.45, 7) is 1.95. The number of ketones is 1. The van der Waals surface area contributed by atoms with Gasteiger partial charge in [-0.15, -0.1) is 21.5 Å². The van der Waals surface area contributed by atoms with Gasteiger partial charge in [0.2, 0.25) is 0 Å². The van der Waals surface area contributed by atoms with Gasteiger partial charge in [0.25, 0.3) is 0 Å². The van der Waals surface area contributed by atoms with Crippen LogP contribution in [0.15, 0.2) is 23.1 Å². The molecule has 1 aliphatic rings. The van der Waals surface area contributed by atoms with E-state index in [1.807, 2.05) is 6.92 Å². The number of carbonyl (C=O) groups excluding carboxylic acids is 1. The molecule has 1 aromatic heterocycles. The summed E-state index contributed by atoms with van der Waals surface area (Å²) in [7, 11) is 0. The minimum Gasteiger partial charge on any atom is -0.297 e. The molecule has 0 spiro atoms. The summed E-state index contributed by atoms with van der Waals surface area (Å²) < 4.78 is 13.9. The van der Waals surface area contributed by atoms with Gasteiger partial charge >= 0.3 is 0 Å². The predicted molar refractivity (Wildman–Crippen MR) is 91.7 cm³/mol. The van der Waals surface area contributed by atoms with Crippen LogP contribution in [-0.2, 0) is 11.2 Å². The standard InChI is InChI=1S/C15H11ClFN3OS2/c1-2-11-19-20-15(23-11)12-13(21)10(22-14(12)18)6-7-8(16)4-3-5-9(7)17/h3-6,12,18H,2H2,1H3/b10-6-,18-14?/t12-/m0/s1. The summed E-state index contributed by atoms with van der Waals surface area (Å²) in [6, 6.07) is 4.34. The predicted octanol–water partition coefficient (Wildman–Crippen LogP) is 4.31. The summed E-state index contributed by atoms with van der Waals surface area (Å²) in [5.41, 5.74) is 0.157. The maximum Gasteiger partial charge on any atom is 0.186 e. The van der Waals surface area contributed by atoms with E-state index in [-0.39, 0.29) is 21.4 Å². The van der Waals surface area contributed by atoms with Gasteiger partial charge in [-0.1, -0.05) is 36.4 Å². The fourth-order valence-electron chi connectivity index (χ4n) is 2.12. The Morgan fingerprint density at radius 3 is 2.87 bits per heavy atom. The van der Waals surface area contributed by atoms with Crippen molar-refractivity contribution < 1.29 is 9.18 Å². The number of thioether (sulfide) groups is 1. The summed E-state index contributed by atoms with van der Waals surface area (Å²) in [4.78, 5) is 12.9. The van der Waals surface area contributed by atoms with Crippen LogP contribution in [0.1, 0.15) is 28.4 Å². The third kappa shape index (κ3) is 3.08. The quantitative estimate of drug-likeness (QED) is 0.821. The van der Waals surface area contributed by atoms with Crippen LogP contribution in [0.25, 0.3) is 6.08 Å². The Hall–Kier alpha value is -1.57. The average molecular weight is 368 g/mol. The van der Waals surface area contributed by atoms with Crippen molar-refractivity contribution in [1.82, 2.24) is 10.2 Å². The maximum absolute atomic E-state index is 13.9. The SMILES string of the molecule is CCc1nnc([C@@H]2C(=N)S/C(=C\c3c(F)cccc3Cl)C2=O)s1. The van der Waals surface area contributed by atoms with Gasteiger partial charge < -0.3 is 0 Å². The first-order valence-electron chi connectivity index (χ1n) is 6.79. The van der Waals surface area contributed by atoms with E-state index in [0.717, 1.165) is 23.2 Å². The Balaban J connectivity index is 1.96. The Bertz CT molecular complexity index is 814. The van der Waals surface area contributed by atoms with E-state index in [0.29, 0.717) is 9.91 Å². The first kappa shape index (κ1) is 16.3. The zero-order valence-corrected chi connectivity index (χ0v) is 14.4. The van der Waals surface area contributed by atoms with E-state index in [9.17, 15) is 9.18 Å². The van der Waals surface area contributed by atoms with Crippen LogP contribution >= 0.6 is 34.7 Å². The van der Waals surface area contributed by atoms with E-state index in [1.54, 1.807) is 6.07 Å². The first-order chi connectivity index (χ1) is 11.0. The minimum absolute atomic E-state index is 0.157. The average Bonchev–Trinajstić information content (AvgIpc) is 3.08. The minimum atomic E-state index is -0.741. The molecule has 2 aromatic rings. The highest BCUT2D eigenvalue weighted by atomic mass is 35.5. The molecule has 0 radical (unpaired) electrons. The van der Waals surface area contributed by atoms with Crippen LogP contribution in [0.3, 0.4) is 0 Å². The van der Waals surface area contributed by atoms with Gasteiger partial charge in [-0.3, -0.25) is 10.2 Å². The molecule has 1 saturated heterocycles. The third-order valence-electron chi connectivity index (χ3n) is 3.29. The highest BCUT2D eigenvalue weighted by molar-refractivity contribution is 8.19. The number of benzene rings is 1. The van der Waals surface area contributed by atoms with Crippen molar-refractivity contribution in [3.8, 4) is 0 Å². The van der Waals surface area contributed by atoms with Crippen molar-refractivity contribution in [3.05, 3.63) is 49.5 Å². The van der Waals surface area contributed by atoms with E-state index in [1.165, 1.54) is 29.5 Å². The molecule has 0 bridgehead atoms. The Labute approximate surface area is 145 Å². The normalized spacial score (nSPS) is 19.8. The lowest BCUT2D eigenvalue weighted by Gasteiger charge is -2.02. The molecule has 0 saturated carbocycles. The molecule has 0 amide bonds. The lowest BCUT2D eigenvalue weighted by molar-refractivity contribution is -0.114. The summed E-state index contributed by atoms with van der Waals surface area (Å²) >= 11 is 8.33. The number of nitrogens with zero attached hydrogens (tertiary/aromatic N) is 2. The van der Waals surface area contributed by atoms with E-state index in [4.69, 9.17) is 17.0 Å². The lowest BCUT2D eigenvalue weighted by Crippen LogP contribution is -2.11. The summed E-state index contributed by atoms with van der Waals surface area (Å²) in [5.74, 6) is -1.51. The molecule has 2 heterocycles. The molecule has 1 atom stereocenters. The number of carbonyl (C=O) groups is 1. The molecule has 1 N–H and O–H groups in total.